The van der Waals surface area contributed by atoms with E-state index in [4.69, 9.17) is 0 Å². The van der Waals surface area contributed by atoms with Gasteiger partial charge in [-0.3, -0.25) is 9.59 Å². The van der Waals surface area contributed by atoms with Crippen LogP contribution in [-0.4, -0.2) is 32.3 Å². The molecule has 0 saturated heterocycles. The first kappa shape index (κ1) is 21.5. The van der Waals surface area contributed by atoms with Crippen molar-refractivity contribution in [1.29, 1.82) is 0 Å². The van der Waals surface area contributed by atoms with Crippen LogP contribution in [0.5, 0.6) is 0 Å². The van der Waals surface area contributed by atoms with Gasteiger partial charge in [-0.25, -0.2) is 4.39 Å². The number of halogens is 1. The second-order valence-electron chi connectivity index (χ2n) is 6.58. The highest BCUT2D eigenvalue weighted by Crippen LogP contribution is 2.18. The van der Waals surface area contributed by atoms with Gasteiger partial charge in [0.15, 0.2) is 5.16 Å². The Morgan fingerprint density at radius 2 is 1.57 bits per heavy atom. The summed E-state index contributed by atoms with van der Waals surface area (Å²) in [5.74, 6) is -0.145. The second kappa shape index (κ2) is 10.0. The highest BCUT2D eigenvalue weighted by molar-refractivity contribution is 7.99. The van der Waals surface area contributed by atoms with Crippen LogP contribution in [0.2, 0.25) is 0 Å². The number of carbonyl (C=O) groups is 2. The minimum atomic E-state index is -0.364. The van der Waals surface area contributed by atoms with Gasteiger partial charge in [0, 0.05) is 17.9 Å². The molecule has 0 aliphatic heterocycles. The zero-order valence-corrected chi connectivity index (χ0v) is 17.5. The number of rotatable bonds is 8. The highest BCUT2D eigenvalue weighted by Gasteiger charge is 2.16. The molecule has 0 aliphatic carbocycles. The summed E-state index contributed by atoms with van der Waals surface area (Å²) in [5.41, 5.74) is 2.36. The van der Waals surface area contributed by atoms with Crippen LogP contribution in [0.1, 0.15) is 18.3 Å². The summed E-state index contributed by atoms with van der Waals surface area (Å²) >= 11 is 1.23. The molecule has 9 heteroatoms. The molecule has 0 fully saturated rings. The van der Waals surface area contributed by atoms with Crippen molar-refractivity contribution in [2.75, 3.05) is 16.4 Å². The Morgan fingerprint density at radius 3 is 2.20 bits per heavy atom. The predicted molar refractivity (Wildman–Crippen MR) is 115 cm³/mol. The van der Waals surface area contributed by atoms with Gasteiger partial charge in [0.1, 0.15) is 11.6 Å². The fourth-order valence-electron chi connectivity index (χ4n) is 2.72. The van der Waals surface area contributed by atoms with Crippen LogP contribution < -0.4 is 10.6 Å². The molecule has 156 valence electrons. The van der Waals surface area contributed by atoms with Gasteiger partial charge in [-0.2, -0.15) is 0 Å². The Bertz CT molecular complexity index is 1020. The monoisotopic (exact) mass is 427 g/mol. The highest BCUT2D eigenvalue weighted by atomic mass is 32.2. The summed E-state index contributed by atoms with van der Waals surface area (Å²) in [5, 5.41) is 14.3. The van der Waals surface area contributed by atoms with Crippen LogP contribution in [0, 0.1) is 12.7 Å². The van der Waals surface area contributed by atoms with Crippen molar-refractivity contribution < 1.29 is 14.0 Å². The van der Waals surface area contributed by atoms with Gasteiger partial charge < -0.3 is 15.2 Å². The lowest BCUT2D eigenvalue weighted by molar-refractivity contribution is -0.116. The van der Waals surface area contributed by atoms with E-state index in [1.54, 1.807) is 0 Å². The van der Waals surface area contributed by atoms with E-state index in [2.05, 4.69) is 20.8 Å². The van der Waals surface area contributed by atoms with E-state index in [9.17, 15) is 14.0 Å². The molecule has 2 N–H and O–H groups in total. The third-order valence-corrected chi connectivity index (χ3v) is 5.19. The molecule has 0 unspecified atom stereocenters. The lowest BCUT2D eigenvalue weighted by atomic mass is 10.2. The van der Waals surface area contributed by atoms with E-state index in [-0.39, 0.29) is 29.8 Å². The predicted octanol–water partition coefficient (Wildman–Crippen LogP) is 3.66. The number of carbonyl (C=O) groups excluding carboxylic acids is 2. The topological polar surface area (TPSA) is 88.9 Å². The smallest absolute Gasteiger partial charge is 0.234 e. The number of hydrogen-bond donors (Lipinski definition) is 2. The first-order valence-corrected chi connectivity index (χ1v) is 10.4. The Balaban J connectivity index is 1.56. The molecular weight excluding hydrogens is 405 g/mol. The summed E-state index contributed by atoms with van der Waals surface area (Å²) < 4.78 is 14.8. The van der Waals surface area contributed by atoms with Crippen molar-refractivity contribution >= 4 is 35.0 Å². The molecular formula is C21H22FN5O2S. The molecule has 1 aromatic heterocycles. The maximum Gasteiger partial charge on any atom is 0.234 e. The zero-order chi connectivity index (χ0) is 21.5. The van der Waals surface area contributed by atoms with Gasteiger partial charge >= 0.3 is 0 Å². The molecule has 3 aromatic rings. The van der Waals surface area contributed by atoms with Crippen molar-refractivity contribution in [3.8, 4) is 0 Å². The lowest BCUT2D eigenvalue weighted by Gasteiger charge is -2.08. The molecule has 0 atom stereocenters. The first-order valence-electron chi connectivity index (χ1n) is 9.41. The summed E-state index contributed by atoms with van der Waals surface area (Å²) in [4.78, 5) is 24.5. The number of nitrogens with one attached hydrogen (secondary N) is 2. The first-order chi connectivity index (χ1) is 14.4. The SMILES string of the molecule is CCn1c(CC(=O)Nc2ccc(C)cc2)nnc1SCC(=O)Nc1ccc(F)cc1. The summed E-state index contributed by atoms with van der Waals surface area (Å²) in [6.45, 7) is 4.48. The normalized spacial score (nSPS) is 10.6. The number of nitrogens with zero attached hydrogens (tertiary/aromatic N) is 3. The average Bonchev–Trinajstić information content (AvgIpc) is 3.11. The van der Waals surface area contributed by atoms with E-state index in [1.165, 1.54) is 36.0 Å². The van der Waals surface area contributed by atoms with Gasteiger partial charge in [0.25, 0.3) is 0 Å². The standard InChI is InChI=1S/C21H22FN5O2S/c1-3-27-18(12-19(28)23-16-8-4-14(2)5-9-16)25-26-21(27)30-13-20(29)24-17-10-6-15(22)7-11-17/h4-11H,3,12-13H2,1-2H3,(H,23,28)(H,24,29). The number of thioether (sulfide) groups is 1. The van der Waals surface area contributed by atoms with E-state index in [0.29, 0.717) is 23.2 Å². The Morgan fingerprint density at radius 1 is 0.967 bits per heavy atom. The number of amides is 2. The molecule has 1 heterocycles. The molecule has 30 heavy (non-hydrogen) atoms. The van der Waals surface area contributed by atoms with E-state index >= 15 is 0 Å². The quantitative estimate of drug-likeness (QED) is 0.536. The van der Waals surface area contributed by atoms with Crippen LogP contribution >= 0.6 is 11.8 Å². The third-order valence-electron chi connectivity index (χ3n) is 4.22. The lowest BCUT2D eigenvalue weighted by Crippen LogP contribution is -2.18. The molecule has 2 amide bonds. The van der Waals surface area contributed by atoms with Crippen molar-refractivity contribution in [2.45, 2.75) is 32.0 Å². The van der Waals surface area contributed by atoms with Crippen LogP contribution in [0.25, 0.3) is 0 Å². The fourth-order valence-corrected chi connectivity index (χ4v) is 3.54. The largest absolute Gasteiger partial charge is 0.326 e. The number of benzene rings is 2. The fraction of sp³-hybridized carbons (Fsp3) is 0.238. The van der Waals surface area contributed by atoms with Crippen molar-refractivity contribution in [3.63, 3.8) is 0 Å². The average molecular weight is 428 g/mol. The van der Waals surface area contributed by atoms with Crippen LogP contribution in [0.4, 0.5) is 15.8 Å². The van der Waals surface area contributed by atoms with Crippen LogP contribution in [-0.2, 0) is 22.6 Å². The minimum absolute atomic E-state index is 0.0804. The number of anilines is 2. The maximum absolute atomic E-state index is 12.9. The molecule has 2 aromatic carbocycles. The molecule has 0 bridgehead atoms. The van der Waals surface area contributed by atoms with Gasteiger partial charge in [0.2, 0.25) is 11.8 Å². The Hall–Kier alpha value is -3.20. The van der Waals surface area contributed by atoms with Gasteiger partial charge in [-0.05, 0) is 50.2 Å². The van der Waals surface area contributed by atoms with Crippen molar-refractivity contribution in [1.82, 2.24) is 14.8 Å². The Labute approximate surface area is 178 Å². The summed E-state index contributed by atoms with van der Waals surface area (Å²) in [7, 11) is 0. The molecule has 0 aliphatic rings. The van der Waals surface area contributed by atoms with Crippen molar-refractivity contribution in [3.05, 3.63) is 65.7 Å². The van der Waals surface area contributed by atoms with E-state index in [0.717, 1.165) is 11.3 Å². The molecule has 3 rings (SSSR count). The molecule has 0 radical (unpaired) electrons. The molecule has 0 spiro atoms. The van der Waals surface area contributed by atoms with E-state index < -0.39 is 0 Å². The van der Waals surface area contributed by atoms with E-state index in [1.807, 2.05) is 42.7 Å². The van der Waals surface area contributed by atoms with Gasteiger partial charge in [0.05, 0.1) is 12.2 Å². The number of aryl methyl sites for hydroxylation is 1. The summed E-state index contributed by atoms with van der Waals surface area (Å²) in [6.07, 6.45) is 0.0804. The Kier molecular flexibility index (Phi) is 7.18. The van der Waals surface area contributed by atoms with Crippen LogP contribution in [0.3, 0.4) is 0 Å². The summed E-state index contributed by atoms with van der Waals surface area (Å²) in [6, 6.07) is 13.1. The third kappa shape index (κ3) is 5.90. The van der Waals surface area contributed by atoms with Gasteiger partial charge in [-0.1, -0.05) is 29.5 Å². The van der Waals surface area contributed by atoms with Crippen molar-refractivity contribution in [2.24, 2.45) is 0 Å². The molecule has 7 nitrogen and oxygen atoms in total. The zero-order valence-electron chi connectivity index (χ0n) is 16.7. The minimum Gasteiger partial charge on any atom is -0.326 e. The molecule has 0 saturated carbocycles. The number of aromatic nitrogens is 3. The van der Waals surface area contributed by atoms with Gasteiger partial charge in [-0.15, -0.1) is 10.2 Å². The van der Waals surface area contributed by atoms with Crippen LogP contribution in [0.15, 0.2) is 53.7 Å². The second-order valence-corrected chi connectivity index (χ2v) is 7.52. The maximum atomic E-state index is 12.9. The number of hydrogen-bond acceptors (Lipinski definition) is 5.